The van der Waals surface area contributed by atoms with Gasteiger partial charge in [-0.15, -0.1) is 0 Å². The summed E-state index contributed by atoms with van der Waals surface area (Å²) in [6.45, 7) is 3.98. The van der Waals surface area contributed by atoms with Crippen LogP contribution in [0.1, 0.15) is 24.1 Å². The van der Waals surface area contributed by atoms with Gasteiger partial charge in [0.2, 0.25) is 5.95 Å². The normalized spacial score (nSPS) is 15.9. The van der Waals surface area contributed by atoms with E-state index in [1.54, 1.807) is 29.4 Å². The van der Waals surface area contributed by atoms with Crippen molar-refractivity contribution < 1.29 is 19.0 Å². The van der Waals surface area contributed by atoms with E-state index in [-0.39, 0.29) is 12.1 Å². The summed E-state index contributed by atoms with van der Waals surface area (Å²) >= 11 is 0. The van der Waals surface area contributed by atoms with Crippen molar-refractivity contribution in [2.45, 2.75) is 25.5 Å². The topological polar surface area (TPSA) is 135 Å². The van der Waals surface area contributed by atoms with Crippen molar-refractivity contribution in [3.05, 3.63) is 60.0 Å². The first-order chi connectivity index (χ1) is 18.7. The Morgan fingerprint density at radius 3 is 2.66 bits per heavy atom. The number of pyridine rings is 1. The van der Waals surface area contributed by atoms with Crippen LogP contribution in [0.3, 0.4) is 0 Å². The number of ether oxygens (including phenoxy) is 3. The number of amides is 2. The summed E-state index contributed by atoms with van der Waals surface area (Å²) in [5.74, 6) is 0.974. The predicted molar refractivity (Wildman–Crippen MR) is 139 cm³/mol. The summed E-state index contributed by atoms with van der Waals surface area (Å²) in [5, 5.41) is 15.7. The molecule has 2 aliphatic rings. The molecule has 196 valence electrons. The lowest BCUT2D eigenvalue weighted by Crippen LogP contribution is -2.45. The quantitative estimate of drug-likeness (QED) is 0.486. The Morgan fingerprint density at radius 1 is 1.08 bits per heavy atom. The number of hydrogen-bond acceptors (Lipinski definition) is 9. The highest BCUT2D eigenvalue weighted by atomic mass is 16.5. The molecular formula is C27H29N7O4. The van der Waals surface area contributed by atoms with Crippen LogP contribution in [-0.2, 0) is 16.0 Å². The second-order valence-electron chi connectivity index (χ2n) is 8.94. The fourth-order valence-corrected chi connectivity index (χ4v) is 4.21. The molecule has 2 amide bonds. The minimum Gasteiger partial charge on any atom is -0.489 e. The number of carbonyl (C=O) groups excluding carboxylic acids is 1. The number of morpholine rings is 1. The van der Waals surface area contributed by atoms with Gasteiger partial charge in [0.05, 0.1) is 61.8 Å². The average Bonchev–Trinajstić information content (AvgIpc) is 2.98. The number of benzene rings is 1. The molecule has 2 fully saturated rings. The average molecular weight is 516 g/mol. The Kier molecular flexibility index (Phi) is 8.23. The van der Waals surface area contributed by atoms with E-state index >= 15 is 0 Å². The first-order valence-corrected chi connectivity index (χ1v) is 12.6. The van der Waals surface area contributed by atoms with Gasteiger partial charge in [0.1, 0.15) is 17.9 Å². The van der Waals surface area contributed by atoms with E-state index < -0.39 is 0 Å². The smallest absolute Gasteiger partial charge is 0.317 e. The van der Waals surface area contributed by atoms with E-state index in [1.807, 2.05) is 24.3 Å². The lowest BCUT2D eigenvalue weighted by molar-refractivity contribution is 0.0254. The number of anilines is 2. The summed E-state index contributed by atoms with van der Waals surface area (Å²) in [4.78, 5) is 27.3. The summed E-state index contributed by atoms with van der Waals surface area (Å²) in [7, 11) is 0. The van der Waals surface area contributed by atoms with Crippen LogP contribution in [0.25, 0.3) is 11.3 Å². The number of hydrogen-bond donors (Lipinski definition) is 2. The van der Waals surface area contributed by atoms with Crippen molar-refractivity contribution >= 4 is 17.7 Å². The fraction of sp³-hybridized carbons (Fsp3) is 0.370. The fourth-order valence-electron chi connectivity index (χ4n) is 4.21. The van der Waals surface area contributed by atoms with Crippen molar-refractivity contribution in [2.24, 2.45) is 0 Å². The van der Waals surface area contributed by atoms with Gasteiger partial charge in [0, 0.05) is 37.7 Å². The van der Waals surface area contributed by atoms with Gasteiger partial charge in [-0.1, -0.05) is 0 Å². The molecule has 0 unspecified atom stereocenters. The molecule has 0 saturated carbocycles. The molecule has 11 nitrogen and oxygen atoms in total. The Bertz CT molecular complexity index is 1280. The zero-order chi connectivity index (χ0) is 26.2. The van der Waals surface area contributed by atoms with Gasteiger partial charge in [0.15, 0.2) is 0 Å². The van der Waals surface area contributed by atoms with Crippen LogP contribution in [0.4, 0.5) is 16.4 Å². The highest BCUT2D eigenvalue weighted by molar-refractivity contribution is 5.74. The molecule has 0 spiro atoms. The van der Waals surface area contributed by atoms with Crippen LogP contribution in [-0.4, -0.2) is 71.5 Å². The molecule has 0 aliphatic carbocycles. The van der Waals surface area contributed by atoms with Gasteiger partial charge < -0.3 is 29.7 Å². The van der Waals surface area contributed by atoms with Crippen LogP contribution < -0.4 is 15.4 Å². The molecule has 38 heavy (non-hydrogen) atoms. The largest absolute Gasteiger partial charge is 0.489 e. The third kappa shape index (κ3) is 6.53. The van der Waals surface area contributed by atoms with E-state index in [2.05, 4.69) is 31.7 Å². The van der Waals surface area contributed by atoms with E-state index in [0.29, 0.717) is 74.7 Å². The highest BCUT2D eigenvalue weighted by Crippen LogP contribution is 2.28. The van der Waals surface area contributed by atoms with Gasteiger partial charge in [-0.2, -0.15) is 5.26 Å². The Hall–Kier alpha value is -4.27. The summed E-state index contributed by atoms with van der Waals surface area (Å²) in [6.07, 6.45) is 5.01. The number of nitrogens with one attached hydrogen (secondary N) is 2. The van der Waals surface area contributed by atoms with Crippen molar-refractivity contribution in [3.63, 3.8) is 0 Å². The summed E-state index contributed by atoms with van der Waals surface area (Å²) < 4.78 is 16.7. The second-order valence-corrected chi connectivity index (χ2v) is 8.94. The molecule has 4 heterocycles. The monoisotopic (exact) mass is 515 g/mol. The molecule has 1 aromatic carbocycles. The van der Waals surface area contributed by atoms with Crippen LogP contribution in [0, 0.1) is 11.3 Å². The maximum atomic E-state index is 12.3. The molecule has 3 aromatic rings. The Balaban J connectivity index is 1.20. The third-order valence-electron chi connectivity index (χ3n) is 6.31. The molecule has 0 bridgehead atoms. The zero-order valence-electron chi connectivity index (χ0n) is 20.9. The van der Waals surface area contributed by atoms with E-state index in [0.717, 1.165) is 24.1 Å². The van der Waals surface area contributed by atoms with Crippen molar-refractivity contribution in [2.75, 3.05) is 44.8 Å². The number of rotatable bonds is 7. The molecule has 2 aromatic heterocycles. The third-order valence-corrected chi connectivity index (χ3v) is 6.31. The van der Waals surface area contributed by atoms with E-state index in [9.17, 15) is 10.1 Å². The number of urea groups is 1. The molecule has 0 atom stereocenters. The minimum atomic E-state index is -0.120. The van der Waals surface area contributed by atoms with Crippen LogP contribution in [0.5, 0.6) is 5.75 Å². The maximum Gasteiger partial charge on any atom is 0.317 e. The standard InChI is InChI=1S/C27H29N7O4/c28-16-20-15-19(1-4-25(20)38-23-6-11-36-12-7-23)24-5-8-29-26(33-24)32-22-3-2-21(30-18-22)17-31-27(35)34-9-13-37-14-10-34/h1-5,8,15,18,23H,6-7,9-14,17H2,(H,31,35)(H,29,32,33). The van der Waals surface area contributed by atoms with E-state index in [1.165, 1.54) is 0 Å². The lowest BCUT2D eigenvalue weighted by atomic mass is 10.1. The molecule has 0 radical (unpaired) electrons. The first-order valence-electron chi connectivity index (χ1n) is 12.6. The van der Waals surface area contributed by atoms with Crippen molar-refractivity contribution in [3.8, 4) is 23.1 Å². The maximum absolute atomic E-state index is 12.3. The van der Waals surface area contributed by atoms with E-state index in [4.69, 9.17) is 14.2 Å². The van der Waals surface area contributed by atoms with Gasteiger partial charge >= 0.3 is 6.03 Å². The van der Waals surface area contributed by atoms with Crippen LogP contribution in [0.15, 0.2) is 48.8 Å². The lowest BCUT2D eigenvalue weighted by Gasteiger charge is -2.26. The summed E-state index contributed by atoms with van der Waals surface area (Å²) in [5.41, 5.74) is 3.37. The second kappa shape index (κ2) is 12.3. The Labute approximate surface area is 220 Å². The number of nitriles is 1. The molecule has 2 N–H and O–H groups in total. The highest BCUT2D eigenvalue weighted by Gasteiger charge is 2.18. The molecule has 2 aliphatic heterocycles. The number of aromatic nitrogens is 3. The van der Waals surface area contributed by atoms with Gasteiger partial charge in [-0.3, -0.25) is 4.98 Å². The van der Waals surface area contributed by atoms with Gasteiger partial charge in [-0.25, -0.2) is 14.8 Å². The van der Waals surface area contributed by atoms with Crippen LogP contribution >= 0.6 is 0 Å². The molecule has 11 heteroatoms. The van der Waals surface area contributed by atoms with Crippen molar-refractivity contribution in [1.29, 1.82) is 5.26 Å². The minimum absolute atomic E-state index is 0.0533. The van der Waals surface area contributed by atoms with Gasteiger partial charge in [0.25, 0.3) is 0 Å². The molecular weight excluding hydrogens is 486 g/mol. The van der Waals surface area contributed by atoms with Gasteiger partial charge in [-0.05, 0) is 36.4 Å². The Morgan fingerprint density at radius 2 is 1.89 bits per heavy atom. The number of carbonyl (C=O) groups is 1. The van der Waals surface area contributed by atoms with Crippen molar-refractivity contribution in [1.82, 2.24) is 25.2 Å². The molecule has 2 saturated heterocycles. The SMILES string of the molecule is N#Cc1cc(-c2ccnc(Nc3ccc(CNC(=O)N4CCOCC4)nc3)n2)ccc1OC1CCOCC1. The summed E-state index contributed by atoms with van der Waals surface area (Å²) in [6, 6.07) is 13.1. The number of nitrogens with zero attached hydrogens (tertiary/aromatic N) is 5. The first kappa shape index (κ1) is 25.4. The predicted octanol–water partition coefficient (Wildman–Crippen LogP) is 3.25. The zero-order valence-corrected chi connectivity index (χ0v) is 20.9. The van der Waals surface area contributed by atoms with Crippen LogP contribution in [0.2, 0.25) is 0 Å². The molecule has 5 rings (SSSR count).